The SMILES string of the molecule is C[C@@H](Sc1ccc(Cl)cc1)C(=O)N/N=C\c1ccc(OCC(=O)NCc2ccccc2)cc1. The Hall–Kier alpha value is -3.29. The predicted octanol–water partition coefficient (Wildman–Crippen LogP) is 4.67. The summed E-state index contributed by atoms with van der Waals surface area (Å²) in [6, 6.07) is 24.1. The van der Waals surface area contributed by atoms with Crippen LogP contribution in [0.5, 0.6) is 5.75 Å². The lowest BCUT2D eigenvalue weighted by molar-refractivity contribution is -0.123. The van der Waals surface area contributed by atoms with Crippen LogP contribution in [0.1, 0.15) is 18.1 Å². The van der Waals surface area contributed by atoms with Crippen molar-refractivity contribution >= 4 is 41.4 Å². The third-order valence-corrected chi connectivity index (χ3v) is 5.83. The normalized spacial score (nSPS) is 11.7. The van der Waals surface area contributed by atoms with Crippen molar-refractivity contribution in [2.45, 2.75) is 23.6 Å². The van der Waals surface area contributed by atoms with E-state index in [-0.39, 0.29) is 23.7 Å². The first kappa shape index (κ1) is 24.4. The van der Waals surface area contributed by atoms with Crippen LogP contribution < -0.4 is 15.5 Å². The summed E-state index contributed by atoms with van der Waals surface area (Å²) >= 11 is 7.30. The minimum atomic E-state index is -0.313. The molecule has 6 nitrogen and oxygen atoms in total. The molecule has 0 radical (unpaired) electrons. The Balaban J connectivity index is 1.38. The average molecular weight is 482 g/mol. The molecule has 0 bridgehead atoms. The second-order valence-corrected chi connectivity index (χ2v) is 8.92. The number of hydrazone groups is 1. The van der Waals surface area contributed by atoms with Gasteiger partial charge >= 0.3 is 0 Å². The van der Waals surface area contributed by atoms with Gasteiger partial charge in [-0.2, -0.15) is 5.10 Å². The van der Waals surface area contributed by atoms with Gasteiger partial charge in [0.25, 0.3) is 11.8 Å². The number of ether oxygens (including phenoxy) is 1. The lowest BCUT2D eigenvalue weighted by Gasteiger charge is -2.09. The molecule has 8 heteroatoms. The summed E-state index contributed by atoms with van der Waals surface area (Å²) in [5.41, 5.74) is 4.36. The van der Waals surface area contributed by atoms with Crippen molar-refractivity contribution in [2.24, 2.45) is 5.10 Å². The molecule has 0 saturated heterocycles. The quantitative estimate of drug-likeness (QED) is 0.250. The van der Waals surface area contributed by atoms with Crippen LogP contribution in [0.25, 0.3) is 0 Å². The Morgan fingerprint density at radius 3 is 2.42 bits per heavy atom. The summed E-state index contributed by atoms with van der Waals surface area (Å²) in [5.74, 6) is 0.171. The Labute approximate surface area is 202 Å². The van der Waals surface area contributed by atoms with Gasteiger partial charge in [-0.25, -0.2) is 5.43 Å². The maximum Gasteiger partial charge on any atom is 0.258 e. The molecule has 0 aromatic heterocycles. The zero-order valence-corrected chi connectivity index (χ0v) is 19.6. The molecule has 0 heterocycles. The Morgan fingerprint density at radius 1 is 1.03 bits per heavy atom. The van der Waals surface area contributed by atoms with Crippen LogP contribution in [0.2, 0.25) is 5.02 Å². The zero-order chi connectivity index (χ0) is 23.5. The molecule has 33 heavy (non-hydrogen) atoms. The Kier molecular flexibility index (Phi) is 9.35. The number of nitrogens with zero attached hydrogens (tertiary/aromatic N) is 1. The van der Waals surface area contributed by atoms with Gasteiger partial charge in [-0.05, 0) is 66.6 Å². The van der Waals surface area contributed by atoms with Crippen molar-refractivity contribution in [2.75, 3.05) is 6.61 Å². The van der Waals surface area contributed by atoms with Crippen molar-refractivity contribution in [3.05, 3.63) is 95.0 Å². The van der Waals surface area contributed by atoms with E-state index in [0.717, 1.165) is 16.0 Å². The van der Waals surface area contributed by atoms with Gasteiger partial charge in [-0.1, -0.05) is 41.9 Å². The molecule has 3 aromatic carbocycles. The lowest BCUT2D eigenvalue weighted by atomic mass is 10.2. The molecule has 1 atom stereocenters. The number of nitrogens with one attached hydrogen (secondary N) is 2. The summed E-state index contributed by atoms with van der Waals surface area (Å²) in [6.07, 6.45) is 1.55. The van der Waals surface area contributed by atoms with E-state index in [1.54, 1.807) is 42.6 Å². The number of amides is 2. The minimum Gasteiger partial charge on any atom is -0.484 e. The largest absolute Gasteiger partial charge is 0.484 e. The van der Waals surface area contributed by atoms with E-state index in [1.165, 1.54) is 11.8 Å². The van der Waals surface area contributed by atoms with Gasteiger partial charge in [-0.3, -0.25) is 9.59 Å². The van der Waals surface area contributed by atoms with Gasteiger partial charge in [0, 0.05) is 16.5 Å². The molecule has 0 fully saturated rings. The Morgan fingerprint density at radius 2 is 1.73 bits per heavy atom. The molecular formula is C25H24ClN3O3S. The highest BCUT2D eigenvalue weighted by Gasteiger charge is 2.13. The highest BCUT2D eigenvalue weighted by Crippen LogP contribution is 2.24. The maximum atomic E-state index is 12.2. The van der Waals surface area contributed by atoms with Crippen molar-refractivity contribution in [3.63, 3.8) is 0 Å². The van der Waals surface area contributed by atoms with Gasteiger partial charge in [-0.15, -0.1) is 11.8 Å². The first-order valence-corrected chi connectivity index (χ1v) is 11.5. The molecule has 2 amide bonds. The van der Waals surface area contributed by atoms with Crippen LogP contribution in [-0.2, 0) is 16.1 Å². The molecular weight excluding hydrogens is 458 g/mol. The zero-order valence-electron chi connectivity index (χ0n) is 18.0. The number of thioether (sulfide) groups is 1. The fourth-order valence-electron chi connectivity index (χ4n) is 2.68. The van der Waals surface area contributed by atoms with E-state index < -0.39 is 0 Å². The first-order chi connectivity index (χ1) is 16.0. The number of halogens is 1. The van der Waals surface area contributed by atoms with Gasteiger partial charge < -0.3 is 10.1 Å². The number of benzene rings is 3. The molecule has 0 unspecified atom stereocenters. The smallest absolute Gasteiger partial charge is 0.258 e. The van der Waals surface area contributed by atoms with Gasteiger partial charge in [0.15, 0.2) is 6.61 Å². The fourth-order valence-corrected chi connectivity index (χ4v) is 3.67. The standard InChI is InChI=1S/C25H24ClN3O3S/c1-18(33-23-13-9-21(26)10-14-23)25(31)29-28-16-20-7-11-22(12-8-20)32-17-24(30)27-15-19-5-3-2-4-6-19/h2-14,16,18H,15,17H2,1H3,(H,27,30)(H,29,31)/b28-16-/t18-/m1/s1. The van der Waals surface area contributed by atoms with Crippen molar-refractivity contribution in [1.29, 1.82) is 0 Å². The van der Waals surface area contributed by atoms with Crippen molar-refractivity contribution in [1.82, 2.24) is 10.7 Å². The summed E-state index contributed by atoms with van der Waals surface area (Å²) in [6.45, 7) is 2.20. The maximum absolute atomic E-state index is 12.2. The summed E-state index contributed by atoms with van der Waals surface area (Å²) in [7, 11) is 0. The van der Waals surface area contributed by atoms with Crippen molar-refractivity contribution < 1.29 is 14.3 Å². The van der Waals surface area contributed by atoms with E-state index in [1.807, 2.05) is 49.4 Å². The minimum absolute atomic E-state index is 0.0699. The summed E-state index contributed by atoms with van der Waals surface area (Å²) in [5, 5.41) is 7.17. The monoisotopic (exact) mass is 481 g/mol. The summed E-state index contributed by atoms with van der Waals surface area (Å²) in [4.78, 5) is 25.1. The lowest BCUT2D eigenvalue weighted by Crippen LogP contribution is -2.28. The van der Waals surface area contributed by atoms with Crippen molar-refractivity contribution in [3.8, 4) is 5.75 Å². The van der Waals surface area contributed by atoms with Crippen LogP contribution in [0, 0.1) is 0 Å². The number of carbonyl (C=O) groups excluding carboxylic acids is 2. The molecule has 0 aliphatic carbocycles. The van der Waals surface area contributed by atoms with E-state index in [4.69, 9.17) is 16.3 Å². The fraction of sp³-hybridized carbons (Fsp3) is 0.160. The molecule has 170 valence electrons. The van der Waals surface area contributed by atoms with E-state index in [9.17, 15) is 9.59 Å². The Bertz CT molecular complexity index is 1070. The molecule has 3 aromatic rings. The number of hydrogen-bond acceptors (Lipinski definition) is 5. The van der Waals surface area contributed by atoms with E-state index in [0.29, 0.717) is 17.3 Å². The molecule has 2 N–H and O–H groups in total. The third kappa shape index (κ3) is 8.63. The van der Waals surface area contributed by atoms with Crippen LogP contribution in [0.3, 0.4) is 0 Å². The molecule has 0 aliphatic rings. The third-order valence-electron chi connectivity index (χ3n) is 4.47. The average Bonchev–Trinajstić information content (AvgIpc) is 2.84. The topological polar surface area (TPSA) is 79.8 Å². The second kappa shape index (κ2) is 12.7. The van der Waals surface area contributed by atoms with E-state index >= 15 is 0 Å². The molecule has 0 aliphatic heterocycles. The number of rotatable bonds is 10. The molecule has 3 rings (SSSR count). The highest BCUT2D eigenvalue weighted by molar-refractivity contribution is 8.00. The van der Waals surface area contributed by atoms with Gasteiger partial charge in [0.2, 0.25) is 0 Å². The van der Waals surface area contributed by atoms with Crippen LogP contribution in [0.15, 0.2) is 88.9 Å². The summed E-state index contributed by atoms with van der Waals surface area (Å²) < 4.78 is 5.51. The van der Waals surface area contributed by atoms with Crippen LogP contribution >= 0.6 is 23.4 Å². The number of carbonyl (C=O) groups is 2. The highest BCUT2D eigenvalue weighted by atomic mass is 35.5. The van der Waals surface area contributed by atoms with Gasteiger partial charge in [0.05, 0.1) is 11.5 Å². The van der Waals surface area contributed by atoms with Crippen LogP contribution in [-0.4, -0.2) is 29.9 Å². The molecule has 0 spiro atoms. The van der Waals surface area contributed by atoms with E-state index in [2.05, 4.69) is 15.8 Å². The predicted molar refractivity (Wildman–Crippen MR) is 133 cm³/mol. The first-order valence-electron chi connectivity index (χ1n) is 10.3. The molecule has 0 saturated carbocycles. The van der Waals surface area contributed by atoms with Crippen LogP contribution in [0.4, 0.5) is 0 Å². The number of hydrogen-bond donors (Lipinski definition) is 2. The van der Waals surface area contributed by atoms with Gasteiger partial charge in [0.1, 0.15) is 5.75 Å². The second-order valence-electron chi connectivity index (χ2n) is 7.07.